The first-order chi connectivity index (χ1) is 15.0. The van der Waals surface area contributed by atoms with Crippen LogP contribution < -0.4 is 11.1 Å². The van der Waals surface area contributed by atoms with E-state index in [1.54, 1.807) is 24.5 Å². The number of fused-ring (bicyclic) bond motifs is 1. The summed E-state index contributed by atoms with van der Waals surface area (Å²) in [5.74, 6) is 2.24. The minimum Gasteiger partial charge on any atom is -0.382 e. The average molecular weight is 423 g/mol. The van der Waals surface area contributed by atoms with Gasteiger partial charge in [-0.15, -0.1) is 0 Å². The van der Waals surface area contributed by atoms with Crippen molar-refractivity contribution < 1.29 is 9.53 Å². The summed E-state index contributed by atoms with van der Waals surface area (Å²) < 4.78 is 8.05. The molecule has 0 aromatic carbocycles. The molecule has 3 aromatic rings. The lowest BCUT2D eigenvalue weighted by Gasteiger charge is -2.12. The maximum absolute atomic E-state index is 12.1. The first-order valence-corrected chi connectivity index (χ1v) is 10.9. The Labute approximate surface area is 182 Å². The van der Waals surface area contributed by atoms with Gasteiger partial charge in [0.25, 0.3) is 5.91 Å². The average Bonchev–Trinajstić information content (AvgIpc) is 3.53. The third kappa shape index (κ3) is 5.02. The van der Waals surface area contributed by atoms with Gasteiger partial charge in [0.1, 0.15) is 11.3 Å². The second-order valence-corrected chi connectivity index (χ2v) is 8.18. The fraction of sp³-hybridized carbons (Fsp3) is 0.478. The lowest BCUT2D eigenvalue weighted by Crippen LogP contribution is -2.27. The molecule has 0 aliphatic heterocycles. The fourth-order valence-corrected chi connectivity index (χ4v) is 3.81. The summed E-state index contributed by atoms with van der Waals surface area (Å²) >= 11 is 0. The number of aryl methyl sites for hydroxylation is 3. The van der Waals surface area contributed by atoms with E-state index in [1.807, 2.05) is 6.92 Å². The molecular weight excluding hydrogens is 392 g/mol. The number of hydrogen-bond donors (Lipinski definition) is 2. The Bertz CT molecular complexity index is 1060. The molecule has 0 unspecified atom stereocenters. The summed E-state index contributed by atoms with van der Waals surface area (Å²) in [6, 6.07) is 3.48. The molecule has 0 saturated heterocycles. The van der Waals surface area contributed by atoms with E-state index in [4.69, 9.17) is 15.5 Å². The minimum atomic E-state index is -0.145. The van der Waals surface area contributed by atoms with Crippen molar-refractivity contribution in [2.75, 3.05) is 25.5 Å². The van der Waals surface area contributed by atoms with Crippen LogP contribution in [-0.4, -0.2) is 45.2 Å². The molecule has 0 radical (unpaired) electrons. The summed E-state index contributed by atoms with van der Waals surface area (Å²) in [6.45, 7) is 6.16. The number of ether oxygens (including phenoxy) is 1. The van der Waals surface area contributed by atoms with Crippen LogP contribution in [0.25, 0.3) is 11.0 Å². The van der Waals surface area contributed by atoms with E-state index < -0.39 is 0 Å². The number of rotatable bonds is 10. The standard InChI is InChI=1S/C23H30N6O2/c1-15-16(2)27-22(24)20-21(15)29(19(28-20)8-7-17-5-6-17)11-13-31-12-10-26-23(30)18-4-3-9-25-14-18/h3-4,9,14,17H,5-8,10-13H2,1-2H3,(H2,24,27)(H,26,30). The lowest BCUT2D eigenvalue weighted by molar-refractivity contribution is 0.0908. The summed E-state index contributed by atoms with van der Waals surface area (Å²) in [6.07, 6.45) is 7.96. The van der Waals surface area contributed by atoms with Gasteiger partial charge in [-0.1, -0.05) is 12.8 Å². The highest BCUT2D eigenvalue weighted by molar-refractivity contribution is 5.93. The molecular formula is C23H30N6O2. The molecule has 3 N–H and O–H groups in total. The van der Waals surface area contributed by atoms with Crippen LogP contribution in [0.2, 0.25) is 0 Å². The predicted molar refractivity (Wildman–Crippen MR) is 120 cm³/mol. The van der Waals surface area contributed by atoms with E-state index in [-0.39, 0.29) is 5.91 Å². The molecule has 164 valence electrons. The molecule has 1 fully saturated rings. The second kappa shape index (κ2) is 9.43. The van der Waals surface area contributed by atoms with Crippen molar-refractivity contribution in [2.45, 2.75) is 46.1 Å². The van der Waals surface area contributed by atoms with Gasteiger partial charge in [-0.3, -0.25) is 9.78 Å². The molecule has 8 heteroatoms. The summed E-state index contributed by atoms with van der Waals surface area (Å²) in [4.78, 5) is 25.3. The molecule has 3 aromatic heterocycles. The molecule has 0 atom stereocenters. The van der Waals surface area contributed by atoms with E-state index in [0.29, 0.717) is 37.7 Å². The normalized spacial score (nSPS) is 13.6. The zero-order valence-corrected chi connectivity index (χ0v) is 18.2. The number of nitrogens with one attached hydrogen (secondary N) is 1. The Balaban J connectivity index is 1.36. The first kappa shape index (κ1) is 21.2. The van der Waals surface area contributed by atoms with Gasteiger partial charge in [0.2, 0.25) is 0 Å². The predicted octanol–water partition coefficient (Wildman–Crippen LogP) is 2.81. The molecule has 8 nitrogen and oxygen atoms in total. The van der Waals surface area contributed by atoms with E-state index in [1.165, 1.54) is 12.8 Å². The van der Waals surface area contributed by atoms with Crippen molar-refractivity contribution >= 4 is 22.8 Å². The van der Waals surface area contributed by atoms with Crippen LogP contribution in [0.1, 0.15) is 46.7 Å². The Kier molecular flexibility index (Phi) is 6.46. The number of nitrogens with two attached hydrogens (primary N) is 1. The Morgan fingerprint density at radius 2 is 2.13 bits per heavy atom. The monoisotopic (exact) mass is 422 g/mol. The number of amides is 1. The molecule has 31 heavy (non-hydrogen) atoms. The third-order valence-electron chi connectivity index (χ3n) is 5.86. The van der Waals surface area contributed by atoms with Crippen molar-refractivity contribution in [2.24, 2.45) is 5.92 Å². The second-order valence-electron chi connectivity index (χ2n) is 8.18. The van der Waals surface area contributed by atoms with Gasteiger partial charge < -0.3 is 20.4 Å². The highest BCUT2D eigenvalue weighted by atomic mass is 16.5. The van der Waals surface area contributed by atoms with Gasteiger partial charge >= 0.3 is 0 Å². The Morgan fingerprint density at radius 3 is 2.87 bits per heavy atom. The van der Waals surface area contributed by atoms with Crippen molar-refractivity contribution in [3.8, 4) is 0 Å². The van der Waals surface area contributed by atoms with Crippen molar-refractivity contribution in [1.82, 2.24) is 24.8 Å². The zero-order valence-electron chi connectivity index (χ0n) is 18.2. The molecule has 0 bridgehead atoms. The fourth-order valence-electron chi connectivity index (χ4n) is 3.81. The maximum atomic E-state index is 12.1. The van der Waals surface area contributed by atoms with Crippen LogP contribution >= 0.6 is 0 Å². The SMILES string of the molecule is Cc1nc(N)c2nc(CCC3CC3)n(CCOCCNC(=O)c3cccnc3)c2c1C. The van der Waals surface area contributed by atoms with Gasteiger partial charge in [-0.25, -0.2) is 9.97 Å². The number of hydrogen-bond acceptors (Lipinski definition) is 6. The first-order valence-electron chi connectivity index (χ1n) is 10.9. The number of aromatic nitrogens is 4. The number of anilines is 1. The number of carbonyl (C=O) groups is 1. The molecule has 4 rings (SSSR count). The Morgan fingerprint density at radius 1 is 1.29 bits per heavy atom. The van der Waals surface area contributed by atoms with Gasteiger partial charge in [-0.2, -0.15) is 0 Å². The van der Waals surface area contributed by atoms with Crippen LogP contribution in [-0.2, 0) is 17.7 Å². The zero-order chi connectivity index (χ0) is 21.8. The van der Waals surface area contributed by atoms with E-state index >= 15 is 0 Å². The lowest BCUT2D eigenvalue weighted by atomic mass is 10.2. The van der Waals surface area contributed by atoms with Crippen molar-refractivity contribution in [3.05, 3.63) is 47.2 Å². The Hall–Kier alpha value is -3.00. The van der Waals surface area contributed by atoms with E-state index in [9.17, 15) is 4.79 Å². The van der Waals surface area contributed by atoms with Gasteiger partial charge in [0.05, 0.1) is 24.3 Å². The summed E-state index contributed by atoms with van der Waals surface area (Å²) in [5.41, 5.74) is 10.6. The van der Waals surface area contributed by atoms with Crippen LogP contribution in [0, 0.1) is 19.8 Å². The molecule has 0 spiro atoms. The number of nitrogen functional groups attached to an aromatic ring is 1. The van der Waals surface area contributed by atoms with Crippen LogP contribution in [0.15, 0.2) is 24.5 Å². The topological polar surface area (TPSA) is 108 Å². The molecule has 1 aliphatic rings. The quantitative estimate of drug-likeness (QED) is 0.487. The highest BCUT2D eigenvalue weighted by Gasteiger charge is 2.23. The van der Waals surface area contributed by atoms with Gasteiger partial charge in [0, 0.05) is 37.6 Å². The van der Waals surface area contributed by atoms with E-state index in [0.717, 1.165) is 46.9 Å². The highest BCUT2D eigenvalue weighted by Crippen LogP contribution is 2.34. The van der Waals surface area contributed by atoms with Crippen molar-refractivity contribution in [3.63, 3.8) is 0 Å². The van der Waals surface area contributed by atoms with Crippen LogP contribution in [0.4, 0.5) is 5.82 Å². The van der Waals surface area contributed by atoms with Gasteiger partial charge in [0.15, 0.2) is 5.82 Å². The molecule has 1 amide bonds. The number of carbonyl (C=O) groups excluding carboxylic acids is 1. The number of imidazole rings is 1. The molecule has 3 heterocycles. The van der Waals surface area contributed by atoms with Crippen molar-refractivity contribution in [1.29, 1.82) is 0 Å². The number of pyridine rings is 2. The maximum Gasteiger partial charge on any atom is 0.252 e. The molecule has 1 saturated carbocycles. The number of nitrogens with zero attached hydrogens (tertiary/aromatic N) is 4. The summed E-state index contributed by atoms with van der Waals surface area (Å²) in [7, 11) is 0. The van der Waals surface area contributed by atoms with E-state index in [2.05, 4.69) is 26.8 Å². The minimum absolute atomic E-state index is 0.145. The van der Waals surface area contributed by atoms with Crippen LogP contribution in [0.3, 0.4) is 0 Å². The third-order valence-corrected chi connectivity index (χ3v) is 5.86. The summed E-state index contributed by atoms with van der Waals surface area (Å²) in [5, 5.41) is 2.85. The smallest absolute Gasteiger partial charge is 0.252 e. The van der Waals surface area contributed by atoms with Crippen LogP contribution in [0.5, 0.6) is 0 Å². The van der Waals surface area contributed by atoms with Gasteiger partial charge in [-0.05, 0) is 43.9 Å². The largest absolute Gasteiger partial charge is 0.382 e. The molecule has 1 aliphatic carbocycles.